The van der Waals surface area contributed by atoms with Crippen LogP contribution in [0.1, 0.15) is 36.3 Å². The molecule has 0 atom stereocenters. The van der Waals surface area contributed by atoms with Crippen LogP contribution in [0.3, 0.4) is 0 Å². The van der Waals surface area contributed by atoms with Crippen molar-refractivity contribution in [2.75, 3.05) is 49.1 Å². The summed E-state index contributed by atoms with van der Waals surface area (Å²) >= 11 is 0. The molecule has 2 aliphatic heterocycles. The Morgan fingerprint density at radius 3 is 1.58 bits per heavy atom. The first-order chi connectivity index (χ1) is 16.3. The van der Waals surface area contributed by atoms with Gasteiger partial charge >= 0.3 is 0 Å². The SMILES string of the molecule is O=C(C(c1ccccc1)c1ccccc1)N1CCN(c2ccc(N3CCCCC3)nn2)CC1. The van der Waals surface area contributed by atoms with Crippen molar-refractivity contribution in [1.82, 2.24) is 15.1 Å². The Kier molecular flexibility index (Phi) is 6.51. The van der Waals surface area contributed by atoms with Crippen molar-refractivity contribution in [2.24, 2.45) is 0 Å². The molecular weight excluding hydrogens is 410 g/mol. The molecule has 2 fully saturated rings. The highest BCUT2D eigenvalue weighted by Gasteiger charge is 2.30. The number of piperidine rings is 1. The van der Waals surface area contributed by atoms with Gasteiger partial charge in [0.2, 0.25) is 5.91 Å². The number of hydrogen-bond donors (Lipinski definition) is 0. The number of hydrogen-bond acceptors (Lipinski definition) is 5. The molecule has 0 N–H and O–H groups in total. The molecule has 0 radical (unpaired) electrons. The molecule has 2 aromatic carbocycles. The Morgan fingerprint density at radius 2 is 1.09 bits per heavy atom. The fourth-order valence-electron chi connectivity index (χ4n) is 4.89. The number of carbonyl (C=O) groups excluding carboxylic acids is 1. The molecule has 0 bridgehead atoms. The maximum atomic E-state index is 13.6. The zero-order valence-corrected chi connectivity index (χ0v) is 19.0. The minimum atomic E-state index is -0.275. The average Bonchev–Trinajstić information content (AvgIpc) is 2.91. The summed E-state index contributed by atoms with van der Waals surface area (Å²) in [4.78, 5) is 20.2. The van der Waals surface area contributed by atoms with Crippen molar-refractivity contribution in [3.05, 3.63) is 83.9 Å². The van der Waals surface area contributed by atoms with Gasteiger partial charge in [-0.1, -0.05) is 60.7 Å². The molecule has 2 saturated heterocycles. The molecule has 5 rings (SSSR count). The van der Waals surface area contributed by atoms with Crippen LogP contribution in [0, 0.1) is 0 Å². The fraction of sp³-hybridized carbons (Fsp3) is 0.370. The van der Waals surface area contributed by atoms with Crippen molar-refractivity contribution in [2.45, 2.75) is 25.2 Å². The number of rotatable bonds is 5. The number of benzene rings is 2. The monoisotopic (exact) mass is 441 g/mol. The molecule has 6 nitrogen and oxygen atoms in total. The fourth-order valence-corrected chi connectivity index (χ4v) is 4.89. The summed E-state index contributed by atoms with van der Waals surface area (Å²) in [6.45, 7) is 5.03. The van der Waals surface area contributed by atoms with Crippen molar-refractivity contribution in [3.8, 4) is 0 Å². The molecule has 0 unspecified atom stereocenters. The van der Waals surface area contributed by atoms with E-state index in [4.69, 9.17) is 0 Å². The zero-order chi connectivity index (χ0) is 22.5. The molecule has 2 aliphatic rings. The van der Waals surface area contributed by atoms with Crippen LogP contribution >= 0.6 is 0 Å². The molecule has 6 heteroatoms. The summed E-state index contributed by atoms with van der Waals surface area (Å²) in [6.07, 6.45) is 3.76. The molecule has 1 aromatic heterocycles. The Morgan fingerprint density at radius 1 is 0.606 bits per heavy atom. The summed E-state index contributed by atoms with van der Waals surface area (Å²) < 4.78 is 0. The highest BCUT2D eigenvalue weighted by molar-refractivity contribution is 5.87. The second-order valence-corrected chi connectivity index (χ2v) is 8.86. The third kappa shape index (κ3) is 4.85. The van der Waals surface area contributed by atoms with Crippen LogP contribution in [0.4, 0.5) is 11.6 Å². The van der Waals surface area contributed by atoms with Gasteiger partial charge in [0, 0.05) is 39.3 Å². The lowest BCUT2D eigenvalue weighted by Crippen LogP contribution is -2.50. The highest BCUT2D eigenvalue weighted by atomic mass is 16.2. The van der Waals surface area contributed by atoms with Gasteiger partial charge in [0.05, 0.1) is 5.92 Å². The number of anilines is 2. The van der Waals surface area contributed by atoms with Gasteiger partial charge in [0.1, 0.15) is 0 Å². The van der Waals surface area contributed by atoms with Gasteiger partial charge in [0.15, 0.2) is 11.6 Å². The Bertz CT molecular complexity index is 988. The van der Waals surface area contributed by atoms with E-state index >= 15 is 0 Å². The lowest BCUT2D eigenvalue weighted by Gasteiger charge is -2.37. The summed E-state index contributed by atoms with van der Waals surface area (Å²) in [7, 11) is 0. The minimum absolute atomic E-state index is 0.165. The maximum absolute atomic E-state index is 13.6. The second-order valence-electron chi connectivity index (χ2n) is 8.86. The van der Waals surface area contributed by atoms with Crippen LogP contribution in [-0.2, 0) is 4.79 Å². The van der Waals surface area contributed by atoms with Crippen molar-refractivity contribution >= 4 is 17.5 Å². The van der Waals surface area contributed by atoms with Gasteiger partial charge in [-0.3, -0.25) is 4.79 Å². The summed E-state index contributed by atoms with van der Waals surface area (Å²) in [6, 6.07) is 24.3. The first-order valence-corrected chi connectivity index (χ1v) is 12.0. The molecule has 3 heterocycles. The van der Waals surface area contributed by atoms with Gasteiger partial charge in [-0.15, -0.1) is 10.2 Å². The summed E-state index contributed by atoms with van der Waals surface area (Å²) in [5.74, 6) is 1.76. The van der Waals surface area contributed by atoms with Gasteiger partial charge in [-0.25, -0.2) is 0 Å². The maximum Gasteiger partial charge on any atom is 0.234 e. The predicted molar refractivity (Wildman–Crippen MR) is 132 cm³/mol. The lowest BCUT2D eigenvalue weighted by atomic mass is 9.90. The van der Waals surface area contributed by atoms with E-state index < -0.39 is 0 Å². The van der Waals surface area contributed by atoms with Gasteiger partial charge in [0.25, 0.3) is 0 Å². The lowest BCUT2D eigenvalue weighted by molar-refractivity contribution is -0.132. The smallest absolute Gasteiger partial charge is 0.234 e. The average molecular weight is 442 g/mol. The van der Waals surface area contributed by atoms with Crippen molar-refractivity contribution in [3.63, 3.8) is 0 Å². The zero-order valence-electron chi connectivity index (χ0n) is 19.0. The third-order valence-electron chi connectivity index (χ3n) is 6.74. The Hall–Kier alpha value is -3.41. The van der Waals surface area contributed by atoms with E-state index in [-0.39, 0.29) is 11.8 Å². The second kappa shape index (κ2) is 10.0. The number of piperazine rings is 1. The van der Waals surface area contributed by atoms with Gasteiger partial charge in [-0.2, -0.15) is 0 Å². The van der Waals surface area contributed by atoms with E-state index in [1.165, 1.54) is 19.3 Å². The predicted octanol–water partition coefficient (Wildman–Crippen LogP) is 3.95. The van der Waals surface area contributed by atoms with Crippen LogP contribution in [0.5, 0.6) is 0 Å². The third-order valence-corrected chi connectivity index (χ3v) is 6.74. The number of amides is 1. The summed E-state index contributed by atoms with van der Waals surface area (Å²) in [5, 5.41) is 9.00. The van der Waals surface area contributed by atoms with Crippen molar-refractivity contribution < 1.29 is 4.79 Å². The largest absolute Gasteiger partial charge is 0.355 e. The Balaban J connectivity index is 1.25. The van der Waals surface area contributed by atoms with Crippen LogP contribution in [0.15, 0.2) is 72.8 Å². The number of aromatic nitrogens is 2. The van der Waals surface area contributed by atoms with E-state index in [0.29, 0.717) is 13.1 Å². The molecule has 33 heavy (non-hydrogen) atoms. The topological polar surface area (TPSA) is 52.6 Å². The molecule has 170 valence electrons. The minimum Gasteiger partial charge on any atom is -0.355 e. The molecule has 0 aliphatic carbocycles. The van der Waals surface area contributed by atoms with Gasteiger partial charge < -0.3 is 14.7 Å². The van der Waals surface area contributed by atoms with Crippen LogP contribution in [0.25, 0.3) is 0 Å². The number of carbonyl (C=O) groups is 1. The standard InChI is InChI=1S/C27H31N5O/c33-27(26(22-10-4-1-5-11-22)23-12-6-2-7-13-23)32-20-18-31(19-21-32)25-15-14-24(28-29-25)30-16-8-3-9-17-30/h1-2,4-7,10-15,26H,3,8-9,16-21H2. The van der Waals surface area contributed by atoms with Crippen molar-refractivity contribution in [1.29, 1.82) is 0 Å². The quantitative estimate of drug-likeness (QED) is 0.600. The molecule has 1 amide bonds. The van der Waals surface area contributed by atoms with E-state index in [9.17, 15) is 4.79 Å². The molecular formula is C27H31N5O. The molecule has 3 aromatic rings. The first-order valence-electron chi connectivity index (χ1n) is 12.0. The molecule has 0 spiro atoms. The van der Waals surface area contributed by atoms with E-state index in [1.54, 1.807) is 0 Å². The van der Waals surface area contributed by atoms with E-state index in [1.807, 2.05) is 65.6 Å². The van der Waals surface area contributed by atoms with Crippen LogP contribution in [-0.4, -0.2) is 60.3 Å². The summed E-state index contributed by atoms with van der Waals surface area (Å²) in [5.41, 5.74) is 2.07. The van der Waals surface area contributed by atoms with Gasteiger partial charge in [-0.05, 0) is 42.5 Å². The molecule has 0 saturated carbocycles. The number of nitrogens with zero attached hydrogens (tertiary/aromatic N) is 5. The first kappa shape index (κ1) is 21.4. The highest BCUT2D eigenvalue weighted by Crippen LogP contribution is 2.28. The Labute approximate surface area is 195 Å². The van der Waals surface area contributed by atoms with E-state index in [2.05, 4.69) is 32.1 Å². The normalized spacial score (nSPS) is 16.8. The van der Waals surface area contributed by atoms with E-state index in [0.717, 1.165) is 48.9 Å². The van der Waals surface area contributed by atoms with Crippen LogP contribution < -0.4 is 9.80 Å². The van der Waals surface area contributed by atoms with Crippen LogP contribution in [0.2, 0.25) is 0 Å².